The fourth-order valence-electron chi connectivity index (χ4n) is 2.15. The fourth-order valence-corrected chi connectivity index (χ4v) is 2.15. The molecule has 5 heteroatoms. The van der Waals surface area contributed by atoms with E-state index in [2.05, 4.69) is 10.3 Å². The lowest BCUT2D eigenvalue weighted by molar-refractivity contribution is -0.134. The molecule has 5 nitrogen and oxygen atoms in total. The zero-order valence-corrected chi connectivity index (χ0v) is 8.97. The summed E-state index contributed by atoms with van der Waals surface area (Å²) < 4.78 is 5.27. The Morgan fingerprint density at radius 1 is 1.35 bits per heavy atom. The SMILES string of the molecule is O=C1CCC(c2nccc3occc23)C(=O)N1. The Hall–Kier alpha value is -2.17. The van der Waals surface area contributed by atoms with Crippen molar-refractivity contribution < 1.29 is 14.0 Å². The molecule has 2 amide bonds. The number of nitrogens with one attached hydrogen (secondary N) is 1. The van der Waals surface area contributed by atoms with Gasteiger partial charge in [-0.05, 0) is 18.6 Å². The van der Waals surface area contributed by atoms with Gasteiger partial charge in [-0.1, -0.05) is 0 Å². The number of hydrogen-bond acceptors (Lipinski definition) is 4. The van der Waals surface area contributed by atoms with E-state index in [9.17, 15) is 9.59 Å². The van der Waals surface area contributed by atoms with Crippen molar-refractivity contribution in [2.45, 2.75) is 18.8 Å². The summed E-state index contributed by atoms with van der Waals surface area (Å²) in [5.74, 6) is -0.859. The largest absolute Gasteiger partial charge is 0.464 e. The van der Waals surface area contributed by atoms with Gasteiger partial charge >= 0.3 is 0 Å². The molecule has 0 aliphatic carbocycles. The van der Waals surface area contributed by atoms with Gasteiger partial charge in [0.05, 0.1) is 17.9 Å². The summed E-state index contributed by atoms with van der Waals surface area (Å²) in [6.45, 7) is 0. The Morgan fingerprint density at radius 2 is 2.24 bits per heavy atom. The standard InChI is InChI=1S/C12H10N2O3/c15-10-2-1-8(12(16)14-10)11-7-4-6-17-9(7)3-5-13-11/h3-6,8H,1-2H2,(H,14,15,16). The summed E-state index contributed by atoms with van der Waals surface area (Å²) in [4.78, 5) is 27.1. The molecule has 3 heterocycles. The lowest BCUT2D eigenvalue weighted by atomic mass is 9.92. The minimum Gasteiger partial charge on any atom is -0.464 e. The normalized spacial score (nSPS) is 20.6. The van der Waals surface area contributed by atoms with E-state index in [4.69, 9.17) is 4.42 Å². The van der Waals surface area contributed by atoms with Crippen LogP contribution in [0.5, 0.6) is 0 Å². The van der Waals surface area contributed by atoms with Crippen molar-refractivity contribution in [1.29, 1.82) is 0 Å². The van der Waals surface area contributed by atoms with Crippen molar-refractivity contribution in [3.8, 4) is 0 Å². The second-order valence-electron chi connectivity index (χ2n) is 4.03. The second-order valence-corrected chi connectivity index (χ2v) is 4.03. The van der Waals surface area contributed by atoms with Crippen LogP contribution in [0.4, 0.5) is 0 Å². The number of amides is 2. The van der Waals surface area contributed by atoms with E-state index in [1.807, 2.05) is 0 Å². The number of fused-ring (bicyclic) bond motifs is 1. The Bertz CT molecular complexity index is 603. The van der Waals surface area contributed by atoms with Crippen molar-refractivity contribution in [2.75, 3.05) is 0 Å². The third-order valence-corrected chi connectivity index (χ3v) is 2.98. The Labute approximate surface area is 96.8 Å². The fraction of sp³-hybridized carbons (Fsp3) is 0.250. The van der Waals surface area contributed by atoms with E-state index in [0.717, 1.165) is 5.39 Å². The maximum Gasteiger partial charge on any atom is 0.235 e. The monoisotopic (exact) mass is 230 g/mol. The molecule has 1 aliphatic rings. The molecule has 1 N–H and O–H groups in total. The van der Waals surface area contributed by atoms with E-state index < -0.39 is 0 Å². The molecule has 0 spiro atoms. The Morgan fingerprint density at radius 3 is 3.06 bits per heavy atom. The number of rotatable bonds is 1. The van der Waals surface area contributed by atoms with Crippen LogP contribution in [0.2, 0.25) is 0 Å². The average molecular weight is 230 g/mol. The Kier molecular flexibility index (Phi) is 2.18. The van der Waals surface area contributed by atoms with Gasteiger partial charge in [0.1, 0.15) is 5.58 Å². The van der Waals surface area contributed by atoms with Crippen LogP contribution in [0, 0.1) is 0 Å². The third kappa shape index (κ3) is 1.60. The van der Waals surface area contributed by atoms with Crippen molar-refractivity contribution in [3.05, 3.63) is 30.3 Å². The summed E-state index contributed by atoms with van der Waals surface area (Å²) >= 11 is 0. The van der Waals surface area contributed by atoms with Gasteiger partial charge in [-0.3, -0.25) is 19.9 Å². The van der Waals surface area contributed by atoms with E-state index in [0.29, 0.717) is 24.1 Å². The van der Waals surface area contributed by atoms with Crippen LogP contribution in [0.1, 0.15) is 24.5 Å². The van der Waals surface area contributed by atoms with Crippen LogP contribution in [0.15, 0.2) is 29.0 Å². The molecule has 0 aromatic carbocycles. The van der Waals surface area contributed by atoms with Gasteiger partial charge in [0.2, 0.25) is 11.8 Å². The first-order valence-electron chi connectivity index (χ1n) is 5.41. The van der Waals surface area contributed by atoms with Gasteiger partial charge < -0.3 is 4.42 Å². The third-order valence-electron chi connectivity index (χ3n) is 2.98. The average Bonchev–Trinajstić information content (AvgIpc) is 2.77. The number of pyridine rings is 1. The van der Waals surface area contributed by atoms with Gasteiger partial charge in [-0.2, -0.15) is 0 Å². The van der Waals surface area contributed by atoms with Crippen LogP contribution >= 0.6 is 0 Å². The zero-order valence-electron chi connectivity index (χ0n) is 8.97. The maximum absolute atomic E-state index is 11.8. The summed E-state index contributed by atoms with van der Waals surface area (Å²) in [5, 5.41) is 3.17. The van der Waals surface area contributed by atoms with Crippen LogP contribution in [0.25, 0.3) is 11.0 Å². The summed E-state index contributed by atoms with van der Waals surface area (Å²) in [6.07, 6.45) is 4.04. The van der Waals surface area contributed by atoms with Crippen LogP contribution in [-0.4, -0.2) is 16.8 Å². The number of carbonyl (C=O) groups excluding carboxylic acids is 2. The number of piperidine rings is 1. The van der Waals surface area contributed by atoms with E-state index in [-0.39, 0.29) is 17.7 Å². The van der Waals surface area contributed by atoms with Gasteiger partial charge in [0, 0.05) is 18.0 Å². The van der Waals surface area contributed by atoms with Gasteiger partial charge in [-0.15, -0.1) is 0 Å². The minimum atomic E-state index is -0.367. The number of nitrogens with zero attached hydrogens (tertiary/aromatic N) is 1. The van der Waals surface area contributed by atoms with Crippen LogP contribution < -0.4 is 5.32 Å². The number of hydrogen-bond donors (Lipinski definition) is 1. The quantitative estimate of drug-likeness (QED) is 0.750. The van der Waals surface area contributed by atoms with E-state index in [1.54, 1.807) is 24.6 Å². The van der Waals surface area contributed by atoms with Crippen molar-refractivity contribution in [1.82, 2.24) is 10.3 Å². The number of imide groups is 1. The first-order chi connectivity index (χ1) is 8.25. The molecular formula is C12H10N2O3. The molecule has 3 rings (SSSR count). The summed E-state index contributed by atoms with van der Waals surface area (Å²) in [7, 11) is 0. The number of aromatic nitrogens is 1. The molecular weight excluding hydrogens is 220 g/mol. The molecule has 0 bridgehead atoms. The summed E-state index contributed by atoms with van der Waals surface area (Å²) in [6, 6.07) is 3.55. The molecule has 1 unspecified atom stereocenters. The first-order valence-corrected chi connectivity index (χ1v) is 5.41. The van der Waals surface area contributed by atoms with Gasteiger partial charge in [0.25, 0.3) is 0 Å². The maximum atomic E-state index is 11.8. The molecule has 1 saturated heterocycles. The van der Waals surface area contributed by atoms with E-state index in [1.165, 1.54) is 0 Å². The van der Waals surface area contributed by atoms with Crippen LogP contribution in [-0.2, 0) is 9.59 Å². The first kappa shape index (κ1) is 10.0. The predicted molar refractivity (Wildman–Crippen MR) is 59.1 cm³/mol. The molecule has 0 saturated carbocycles. The van der Waals surface area contributed by atoms with Crippen molar-refractivity contribution in [2.24, 2.45) is 0 Å². The van der Waals surface area contributed by atoms with E-state index >= 15 is 0 Å². The smallest absolute Gasteiger partial charge is 0.235 e. The molecule has 17 heavy (non-hydrogen) atoms. The molecule has 86 valence electrons. The highest BCUT2D eigenvalue weighted by atomic mass is 16.3. The highest BCUT2D eigenvalue weighted by Crippen LogP contribution is 2.29. The molecule has 2 aromatic heterocycles. The molecule has 1 fully saturated rings. The lowest BCUT2D eigenvalue weighted by Gasteiger charge is -2.20. The molecule has 1 aliphatic heterocycles. The highest BCUT2D eigenvalue weighted by molar-refractivity contribution is 6.02. The highest BCUT2D eigenvalue weighted by Gasteiger charge is 2.30. The molecule has 0 radical (unpaired) electrons. The molecule has 1 atom stereocenters. The number of furan rings is 1. The molecule has 2 aromatic rings. The zero-order chi connectivity index (χ0) is 11.8. The summed E-state index contributed by atoms with van der Waals surface area (Å²) in [5.41, 5.74) is 1.39. The van der Waals surface area contributed by atoms with Crippen LogP contribution in [0.3, 0.4) is 0 Å². The van der Waals surface area contributed by atoms with Gasteiger partial charge in [-0.25, -0.2) is 0 Å². The van der Waals surface area contributed by atoms with Gasteiger partial charge in [0.15, 0.2) is 0 Å². The van der Waals surface area contributed by atoms with Crippen molar-refractivity contribution in [3.63, 3.8) is 0 Å². The van der Waals surface area contributed by atoms with Crippen molar-refractivity contribution >= 4 is 22.8 Å². The number of carbonyl (C=O) groups is 2. The minimum absolute atomic E-state index is 0.217. The topological polar surface area (TPSA) is 72.2 Å². The second kappa shape index (κ2) is 3.69. The lowest BCUT2D eigenvalue weighted by Crippen LogP contribution is -2.39. The Balaban J connectivity index is 2.06. The predicted octanol–water partition coefficient (Wildman–Crippen LogP) is 1.35.